The minimum atomic E-state index is -0.934. The summed E-state index contributed by atoms with van der Waals surface area (Å²) in [5.74, 6) is -1.83. The van der Waals surface area contributed by atoms with E-state index in [2.05, 4.69) is 4.85 Å². The molecule has 0 aliphatic rings. The lowest BCUT2D eigenvalue weighted by atomic mass is 10.1. The second kappa shape index (κ2) is 3.64. The van der Waals surface area contributed by atoms with Crippen LogP contribution in [-0.4, -0.2) is 0 Å². The van der Waals surface area contributed by atoms with Crippen LogP contribution in [0.4, 0.5) is 14.5 Å². The monoisotopic (exact) mass is 178 g/mol. The molecule has 0 aliphatic heterocycles. The molecule has 0 heterocycles. The topological polar surface area (TPSA) is 28.1 Å². The van der Waals surface area contributed by atoms with Crippen molar-refractivity contribution in [1.29, 1.82) is 5.26 Å². The highest BCUT2D eigenvalue weighted by atomic mass is 19.1. The fourth-order valence-electron chi connectivity index (χ4n) is 0.907. The zero-order valence-corrected chi connectivity index (χ0v) is 6.51. The number of rotatable bonds is 1. The molecule has 1 rings (SSSR count). The third-order valence-corrected chi connectivity index (χ3v) is 1.53. The van der Waals surface area contributed by atoms with Crippen molar-refractivity contribution in [2.24, 2.45) is 0 Å². The number of hydrogen-bond acceptors (Lipinski definition) is 1. The van der Waals surface area contributed by atoms with Crippen molar-refractivity contribution in [3.63, 3.8) is 0 Å². The quantitative estimate of drug-likeness (QED) is 0.607. The zero-order chi connectivity index (χ0) is 9.84. The Balaban J connectivity index is 3.31. The zero-order valence-electron chi connectivity index (χ0n) is 6.51. The maximum Gasteiger partial charge on any atom is 0.257 e. The number of nitrogens with zero attached hydrogens (tertiary/aromatic N) is 2. The summed E-state index contributed by atoms with van der Waals surface area (Å²) in [5, 5.41) is 8.29. The maximum absolute atomic E-state index is 13.1. The minimum absolute atomic E-state index is 0.0508. The van der Waals surface area contributed by atoms with Crippen LogP contribution in [0.1, 0.15) is 5.56 Å². The SMILES string of the molecule is [C-]#[N+]c1c(F)ccc(CC#N)c1F. The number of benzene rings is 1. The van der Waals surface area contributed by atoms with Gasteiger partial charge in [0.2, 0.25) is 0 Å². The van der Waals surface area contributed by atoms with Crippen LogP contribution < -0.4 is 0 Å². The van der Waals surface area contributed by atoms with Gasteiger partial charge >= 0.3 is 0 Å². The first-order valence-electron chi connectivity index (χ1n) is 3.42. The molecular weight excluding hydrogens is 174 g/mol. The standard InChI is InChI=1S/C9H4F2N2/c1-13-9-7(10)3-2-6(4-5-12)8(9)11/h2-3H,4H2. The van der Waals surface area contributed by atoms with E-state index in [4.69, 9.17) is 11.8 Å². The molecule has 1 aromatic rings. The molecule has 64 valence electrons. The molecule has 0 radical (unpaired) electrons. The molecule has 0 N–H and O–H groups in total. The Labute approximate surface area is 73.9 Å². The van der Waals surface area contributed by atoms with Crippen LogP contribution in [0.25, 0.3) is 4.85 Å². The molecule has 0 amide bonds. The summed E-state index contributed by atoms with van der Waals surface area (Å²) in [4.78, 5) is 2.70. The lowest BCUT2D eigenvalue weighted by Gasteiger charge is -2.00. The van der Waals surface area contributed by atoms with Crippen LogP contribution in [0.2, 0.25) is 0 Å². The Hall–Kier alpha value is -1.94. The second-order valence-corrected chi connectivity index (χ2v) is 2.32. The largest absolute Gasteiger partial charge is 0.257 e. The molecule has 0 spiro atoms. The van der Waals surface area contributed by atoms with Gasteiger partial charge in [-0.2, -0.15) is 5.26 Å². The van der Waals surface area contributed by atoms with Gasteiger partial charge in [-0.15, -0.1) is 0 Å². The maximum atomic E-state index is 13.1. The molecule has 4 heteroatoms. The summed E-state index contributed by atoms with van der Waals surface area (Å²) in [5.41, 5.74) is -0.595. The Morgan fingerprint density at radius 3 is 2.69 bits per heavy atom. The molecule has 0 aromatic heterocycles. The Bertz CT molecular complexity index is 413. The lowest BCUT2D eigenvalue weighted by Crippen LogP contribution is -1.90. The molecule has 0 fully saturated rings. The minimum Gasteiger partial charge on any atom is -0.232 e. The normalized spacial score (nSPS) is 8.92. The van der Waals surface area contributed by atoms with E-state index in [-0.39, 0.29) is 12.0 Å². The number of halogens is 2. The Morgan fingerprint density at radius 2 is 2.15 bits per heavy atom. The van der Waals surface area contributed by atoms with E-state index in [1.165, 1.54) is 6.07 Å². The van der Waals surface area contributed by atoms with Gasteiger partial charge in [-0.3, -0.25) is 0 Å². The first-order valence-corrected chi connectivity index (χ1v) is 3.42. The van der Waals surface area contributed by atoms with E-state index in [1.807, 2.05) is 0 Å². The highest BCUT2D eigenvalue weighted by Gasteiger charge is 2.12. The molecule has 0 unspecified atom stereocenters. The van der Waals surface area contributed by atoms with Crippen LogP contribution in [-0.2, 0) is 6.42 Å². The highest BCUT2D eigenvalue weighted by molar-refractivity contribution is 5.50. The molecule has 2 nitrogen and oxygen atoms in total. The van der Waals surface area contributed by atoms with Crippen molar-refractivity contribution in [3.8, 4) is 6.07 Å². The summed E-state index contributed by atoms with van der Waals surface area (Å²) in [6.07, 6.45) is -0.158. The molecule has 0 bridgehead atoms. The summed E-state index contributed by atoms with van der Waals surface area (Å²) in [7, 11) is 0. The van der Waals surface area contributed by atoms with Crippen LogP contribution in [0.5, 0.6) is 0 Å². The van der Waals surface area contributed by atoms with Crippen molar-refractivity contribution in [2.75, 3.05) is 0 Å². The second-order valence-electron chi connectivity index (χ2n) is 2.32. The van der Waals surface area contributed by atoms with Gasteiger partial charge in [-0.25, -0.2) is 13.6 Å². The first-order chi connectivity index (χ1) is 6.20. The van der Waals surface area contributed by atoms with Crippen molar-refractivity contribution in [3.05, 3.63) is 40.7 Å². The molecular formula is C9H4F2N2. The molecule has 13 heavy (non-hydrogen) atoms. The molecule has 0 aliphatic carbocycles. The Morgan fingerprint density at radius 1 is 1.46 bits per heavy atom. The van der Waals surface area contributed by atoms with Crippen LogP contribution in [0, 0.1) is 29.5 Å². The van der Waals surface area contributed by atoms with Gasteiger partial charge in [0.25, 0.3) is 5.69 Å². The van der Waals surface area contributed by atoms with Crippen LogP contribution in [0.3, 0.4) is 0 Å². The predicted molar refractivity (Wildman–Crippen MR) is 41.9 cm³/mol. The molecule has 1 aromatic carbocycles. The van der Waals surface area contributed by atoms with E-state index in [0.717, 1.165) is 6.07 Å². The summed E-state index contributed by atoms with van der Waals surface area (Å²) in [6.45, 7) is 6.52. The van der Waals surface area contributed by atoms with E-state index >= 15 is 0 Å². The summed E-state index contributed by atoms with van der Waals surface area (Å²) in [6, 6.07) is 3.89. The fourth-order valence-corrected chi connectivity index (χ4v) is 0.907. The van der Waals surface area contributed by atoms with Gasteiger partial charge in [-0.1, -0.05) is 6.07 Å². The van der Waals surface area contributed by atoms with Crippen LogP contribution >= 0.6 is 0 Å². The van der Waals surface area contributed by atoms with Crippen molar-refractivity contribution in [2.45, 2.75) is 6.42 Å². The third kappa shape index (κ3) is 1.62. The predicted octanol–water partition coefficient (Wildman–Crippen LogP) is 2.58. The number of hydrogen-bond donors (Lipinski definition) is 0. The average molecular weight is 178 g/mol. The van der Waals surface area contributed by atoms with Gasteiger partial charge in [0.05, 0.1) is 19.1 Å². The average Bonchev–Trinajstić information content (AvgIpc) is 2.11. The van der Waals surface area contributed by atoms with Gasteiger partial charge < -0.3 is 0 Å². The van der Waals surface area contributed by atoms with E-state index < -0.39 is 17.3 Å². The van der Waals surface area contributed by atoms with Crippen LogP contribution in [0.15, 0.2) is 12.1 Å². The van der Waals surface area contributed by atoms with Crippen molar-refractivity contribution in [1.82, 2.24) is 0 Å². The Kier molecular flexibility index (Phi) is 2.56. The third-order valence-electron chi connectivity index (χ3n) is 1.53. The van der Waals surface area contributed by atoms with E-state index in [9.17, 15) is 8.78 Å². The van der Waals surface area contributed by atoms with Gasteiger partial charge in [-0.05, 0) is 11.6 Å². The van der Waals surface area contributed by atoms with Crippen molar-refractivity contribution >= 4 is 5.69 Å². The first kappa shape index (κ1) is 9.15. The van der Waals surface area contributed by atoms with Gasteiger partial charge in [0.15, 0.2) is 0 Å². The van der Waals surface area contributed by atoms with Crippen molar-refractivity contribution < 1.29 is 8.78 Å². The van der Waals surface area contributed by atoms with Gasteiger partial charge in [0, 0.05) is 0 Å². The molecule has 0 saturated heterocycles. The summed E-state index contributed by atoms with van der Waals surface area (Å²) < 4.78 is 25.9. The number of nitriles is 1. The highest BCUT2D eigenvalue weighted by Crippen LogP contribution is 2.24. The summed E-state index contributed by atoms with van der Waals surface area (Å²) >= 11 is 0. The van der Waals surface area contributed by atoms with E-state index in [1.54, 1.807) is 6.07 Å². The molecule has 0 saturated carbocycles. The fraction of sp³-hybridized carbons (Fsp3) is 0.111. The van der Waals surface area contributed by atoms with E-state index in [0.29, 0.717) is 0 Å². The van der Waals surface area contributed by atoms with Gasteiger partial charge in [0.1, 0.15) is 11.6 Å². The molecule has 0 atom stereocenters. The smallest absolute Gasteiger partial charge is 0.232 e. The lowest BCUT2D eigenvalue weighted by molar-refractivity contribution is 0.586.